The largest absolute Gasteiger partial charge is 0.284 e. The van der Waals surface area contributed by atoms with Crippen molar-refractivity contribution in [1.82, 2.24) is 15.2 Å². The summed E-state index contributed by atoms with van der Waals surface area (Å²) in [6, 6.07) is 5.42. The zero-order valence-corrected chi connectivity index (χ0v) is 9.81. The van der Waals surface area contributed by atoms with Crippen LogP contribution in [0.5, 0.6) is 0 Å². The van der Waals surface area contributed by atoms with Crippen LogP contribution >= 0.6 is 0 Å². The minimum atomic E-state index is -3.35. The summed E-state index contributed by atoms with van der Waals surface area (Å²) in [6.07, 6.45) is 4.93. The Morgan fingerprint density at radius 3 is 2.88 bits per heavy atom. The minimum absolute atomic E-state index is 0.00477. The average molecular weight is 252 g/mol. The molecule has 0 bridgehead atoms. The molecule has 2 rings (SSSR count). The molecule has 0 atom stereocenters. The van der Waals surface area contributed by atoms with E-state index in [1.807, 2.05) is 6.07 Å². The van der Waals surface area contributed by atoms with E-state index in [4.69, 9.17) is 0 Å². The number of nitrogens with zero attached hydrogens (tertiary/aromatic N) is 2. The lowest BCUT2D eigenvalue weighted by Gasteiger charge is -2.04. The van der Waals surface area contributed by atoms with Gasteiger partial charge >= 0.3 is 0 Å². The topological polar surface area (TPSA) is 87.7 Å². The van der Waals surface area contributed by atoms with Crippen molar-refractivity contribution in [1.29, 1.82) is 0 Å². The maximum atomic E-state index is 11.7. The van der Waals surface area contributed by atoms with Crippen molar-refractivity contribution in [2.45, 2.75) is 6.42 Å². The van der Waals surface area contributed by atoms with Gasteiger partial charge < -0.3 is 0 Å². The van der Waals surface area contributed by atoms with Crippen molar-refractivity contribution in [3.05, 3.63) is 42.5 Å². The lowest BCUT2D eigenvalue weighted by atomic mass is 10.3. The van der Waals surface area contributed by atoms with Gasteiger partial charge in [0.05, 0.1) is 17.6 Å². The van der Waals surface area contributed by atoms with Crippen molar-refractivity contribution in [2.24, 2.45) is 0 Å². The first-order valence-electron chi connectivity index (χ1n) is 5.05. The Labute approximate surface area is 99.1 Å². The summed E-state index contributed by atoms with van der Waals surface area (Å²) in [5, 5.41) is 6.20. The minimum Gasteiger partial charge on any atom is -0.284 e. The van der Waals surface area contributed by atoms with E-state index in [2.05, 4.69) is 19.9 Å². The van der Waals surface area contributed by atoms with Gasteiger partial charge in [-0.15, -0.1) is 0 Å². The normalized spacial score (nSPS) is 11.3. The predicted molar refractivity (Wildman–Crippen MR) is 63.9 cm³/mol. The highest BCUT2D eigenvalue weighted by Gasteiger charge is 2.11. The van der Waals surface area contributed by atoms with Gasteiger partial charge in [0.15, 0.2) is 0 Å². The molecule has 2 aromatic heterocycles. The molecule has 0 spiro atoms. The summed E-state index contributed by atoms with van der Waals surface area (Å²) in [7, 11) is -3.35. The second-order valence-electron chi connectivity index (χ2n) is 3.48. The Morgan fingerprint density at radius 2 is 2.24 bits per heavy atom. The van der Waals surface area contributed by atoms with Gasteiger partial charge in [-0.1, -0.05) is 6.07 Å². The fourth-order valence-electron chi connectivity index (χ4n) is 1.32. The van der Waals surface area contributed by atoms with E-state index >= 15 is 0 Å². The Kier molecular flexibility index (Phi) is 3.38. The third-order valence-corrected chi connectivity index (χ3v) is 3.41. The number of hydrogen-bond acceptors (Lipinski definition) is 4. The van der Waals surface area contributed by atoms with Gasteiger partial charge in [0.25, 0.3) is 0 Å². The highest BCUT2D eigenvalue weighted by atomic mass is 32.2. The highest BCUT2D eigenvalue weighted by Crippen LogP contribution is 2.06. The molecule has 0 radical (unpaired) electrons. The molecule has 0 unspecified atom stereocenters. The summed E-state index contributed by atoms with van der Waals surface area (Å²) in [4.78, 5) is 4.07. The molecule has 6 nitrogen and oxygen atoms in total. The molecule has 7 heteroatoms. The third-order valence-electron chi connectivity index (χ3n) is 2.12. The lowest BCUT2D eigenvalue weighted by molar-refractivity contribution is 0.600. The molecule has 0 fully saturated rings. The van der Waals surface area contributed by atoms with E-state index in [1.54, 1.807) is 18.3 Å². The molecule has 2 heterocycles. The molecule has 0 saturated carbocycles. The molecule has 0 aliphatic heterocycles. The van der Waals surface area contributed by atoms with Crippen LogP contribution in [0, 0.1) is 0 Å². The third kappa shape index (κ3) is 3.56. The maximum Gasteiger partial charge on any atom is 0.233 e. The fourth-order valence-corrected chi connectivity index (χ4v) is 2.37. The summed E-state index contributed by atoms with van der Waals surface area (Å²) >= 11 is 0. The molecule has 0 aliphatic rings. The van der Waals surface area contributed by atoms with E-state index in [9.17, 15) is 8.42 Å². The number of H-pyrrole nitrogens is 1. The number of anilines is 1. The van der Waals surface area contributed by atoms with Crippen LogP contribution in [0.15, 0.2) is 36.8 Å². The van der Waals surface area contributed by atoms with E-state index < -0.39 is 10.0 Å². The summed E-state index contributed by atoms with van der Waals surface area (Å²) in [5.41, 5.74) is 1.19. The summed E-state index contributed by atoms with van der Waals surface area (Å²) in [6.45, 7) is 0. The highest BCUT2D eigenvalue weighted by molar-refractivity contribution is 7.92. The zero-order valence-electron chi connectivity index (χ0n) is 9.00. The Hall–Kier alpha value is -1.89. The van der Waals surface area contributed by atoms with Crippen molar-refractivity contribution in [3.8, 4) is 0 Å². The van der Waals surface area contributed by atoms with Crippen LogP contribution in [0.4, 0.5) is 5.69 Å². The number of nitrogens with one attached hydrogen (secondary N) is 2. The van der Waals surface area contributed by atoms with Gasteiger partial charge in [-0.25, -0.2) is 8.42 Å². The van der Waals surface area contributed by atoms with Gasteiger partial charge in [-0.3, -0.25) is 14.8 Å². The second kappa shape index (κ2) is 4.96. The first-order valence-corrected chi connectivity index (χ1v) is 6.70. The number of aromatic nitrogens is 3. The van der Waals surface area contributed by atoms with Crippen LogP contribution in [0.25, 0.3) is 0 Å². The first kappa shape index (κ1) is 11.6. The number of aromatic amines is 1. The van der Waals surface area contributed by atoms with Crippen LogP contribution in [0.3, 0.4) is 0 Å². The molecular weight excluding hydrogens is 240 g/mol. The van der Waals surface area contributed by atoms with Crippen LogP contribution in [-0.4, -0.2) is 29.4 Å². The van der Waals surface area contributed by atoms with E-state index in [1.165, 1.54) is 12.4 Å². The molecule has 2 N–H and O–H groups in total. The molecule has 0 amide bonds. The van der Waals surface area contributed by atoms with Crippen LogP contribution in [0.1, 0.15) is 5.69 Å². The fraction of sp³-hybridized carbons (Fsp3) is 0.200. The second-order valence-corrected chi connectivity index (χ2v) is 5.32. The number of rotatable bonds is 5. The Balaban J connectivity index is 1.94. The monoisotopic (exact) mass is 252 g/mol. The molecule has 0 aliphatic carbocycles. The Bertz CT molecular complexity index is 551. The predicted octanol–water partition coefficient (Wildman–Crippen LogP) is 0.789. The van der Waals surface area contributed by atoms with Crippen LogP contribution in [-0.2, 0) is 16.4 Å². The average Bonchev–Trinajstić information content (AvgIpc) is 2.80. The SMILES string of the molecule is O=S(=O)(CCc1ccccn1)Nc1cn[nH]c1. The van der Waals surface area contributed by atoms with Gasteiger partial charge in [0, 0.05) is 24.5 Å². The maximum absolute atomic E-state index is 11.7. The Morgan fingerprint density at radius 1 is 1.35 bits per heavy atom. The van der Waals surface area contributed by atoms with E-state index in [0.29, 0.717) is 12.1 Å². The molecule has 0 saturated heterocycles. The van der Waals surface area contributed by atoms with E-state index in [-0.39, 0.29) is 5.75 Å². The lowest BCUT2D eigenvalue weighted by Crippen LogP contribution is -2.18. The van der Waals surface area contributed by atoms with Crippen LogP contribution in [0.2, 0.25) is 0 Å². The summed E-state index contributed by atoms with van der Waals surface area (Å²) < 4.78 is 25.8. The molecule has 0 aromatic carbocycles. The van der Waals surface area contributed by atoms with Crippen molar-refractivity contribution in [3.63, 3.8) is 0 Å². The smallest absolute Gasteiger partial charge is 0.233 e. The van der Waals surface area contributed by atoms with Gasteiger partial charge in [0.2, 0.25) is 10.0 Å². The number of aryl methyl sites for hydroxylation is 1. The quantitative estimate of drug-likeness (QED) is 0.823. The van der Waals surface area contributed by atoms with Crippen molar-refractivity contribution >= 4 is 15.7 Å². The molecule has 2 aromatic rings. The number of sulfonamides is 1. The van der Waals surface area contributed by atoms with Gasteiger partial charge in [-0.2, -0.15) is 5.10 Å². The first-order chi connectivity index (χ1) is 8.16. The van der Waals surface area contributed by atoms with Gasteiger partial charge in [0.1, 0.15) is 0 Å². The molecular formula is C10H12N4O2S. The number of pyridine rings is 1. The zero-order chi connectivity index (χ0) is 12.1. The summed E-state index contributed by atoms with van der Waals surface area (Å²) in [5.74, 6) is -0.00477. The van der Waals surface area contributed by atoms with Crippen molar-refractivity contribution < 1.29 is 8.42 Å². The standard InChI is InChI=1S/C10H12N4O2S/c15-17(16,14-10-7-12-13-8-10)6-4-9-3-1-2-5-11-9/h1-3,5,7-8,14H,4,6H2,(H,12,13). The molecule has 17 heavy (non-hydrogen) atoms. The number of hydrogen-bond donors (Lipinski definition) is 2. The van der Waals surface area contributed by atoms with Crippen molar-refractivity contribution in [2.75, 3.05) is 10.5 Å². The van der Waals surface area contributed by atoms with Crippen LogP contribution < -0.4 is 4.72 Å². The molecule has 90 valence electrons. The van der Waals surface area contributed by atoms with E-state index in [0.717, 1.165) is 5.69 Å². The van der Waals surface area contributed by atoms with Gasteiger partial charge in [-0.05, 0) is 12.1 Å².